The smallest absolute Gasteiger partial charge is 0.103 e. The van der Waals surface area contributed by atoms with Crippen molar-refractivity contribution in [2.45, 2.75) is 52.1 Å². The fourth-order valence-corrected chi connectivity index (χ4v) is 2.25. The van der Waals surface area contributed by atoms with Crippen molar-refractivity contribution in [1.29, 1.82) is 0 Å². The molecule has 0 bridgehead atoms. The molecule has 0 heterocycles. The van der Waals surface area contributed by atoms with Crippen LogP contribution in [0.3, 0.4) is 0 Å². The van der Waals surface area contributed by atoms with Crippen LogP contribution in [0.15, 0.2) is 0 Å². The summed E-state index contributed by atoms with van der Waals surface area (Å²) in [5.74, 6) is 0.993. The molecule has 0 aliphatic heterocycles. The van der Waals surface area contributed by atoms with Crippen LogP contribution in [0, 0.1) is 11.8 Å². The molecule has 11 heavy (non-hydrogen) atoms. The minimum atomic E-state index is -0.489. The Balaban J connectivity index is 2.33. The molecule has 0 aromatic rings. The summed E-state index contributed by atoms with van der Waals surface area (Å²) in [6, 6.07) is 0. The molecular formula is C10H19F. The van der Waals surface area contributed by atoms with Crippen LogP contribution in [-0.2, 0) is 0 Å². The quantitative estimate of drug-likeness (QED) is 0.589. The van der Waals surface area contributed by atoms with E-state index in [0.29, 0.717) is 11.8 Å². The summed E-state index contributed by atoms with van der Waals surface area (Å²) in [6.45, 7) is 4.38. The van der Waals surface area contributed by atoms with Gasteiger partial charge in [-0.3, -0.25) is 0 Å². The molecular weight excluding hydrogens is 139 g/mol. The third kappa shape index (κ3) is 2.18. The SMILES string of the molecule is CCCC(C)C1CCCC1F. The number of hydrogen-bond donors (Lipinski definition) is 0. The highest BCUT2D eigenvalue weighted by Gasteiger charge is 2.30. The van der Waals surface area contributed by atoms with Crippen LogP contribution >= 0.6 is 0 Å². The summed E-state index contributed by atoms with van der Waals surface area (Å²) < 4.78 is 13.2. The molecule has 0 amide bonds. The summed E-state index contributed by atoms with van der Waals surface area (Å²) in [6.07, 6.45) is 4.97. The molecule has 1 heteroatoms. The second-order valence-corrected chi connectivity index (χ2v) is 3.88. The molecule has 0 aromatic carbocycles. The summed E-state index contributed by atoms with van der Waals surface area (Å²) in [4.78, 5) is 0. The largest absolute Gasteiger partial charge is 0.247 e. The first-order valence-electron chi connectivity index (χ1n) is 4.89. The van der Waals surface area contributed by atoms with Crippen molar-refractivity contribution in [3.8, 4) is 0 Å². The van der Waals surface area contributed by atoms with Crippen LogP contribution < -0.4 is 0 Å². The fraction of sp³-hybridized carbons (Fsp3) is 1.00. The second-order valence-electron chi connectivity index (χ2n) is 3.88. The molecule has 3 unspecified atom stereocenters. The van der Waals surface area contributed by atoms with Gasteiger partial charge in [-0.2, -0.15) is 0 Å². The van der Waals surface area contributed by atoms with E-state index in [1.54, 1.807) is 0 Å². The van der Waals surface area contributed by atoms with Crippen molar-refractivity contribution in [1.82, 2.24) is 0 Å². The normalized spacial score (nSPS) is 34.1. The highest BCUT2D eigenvalue weighted by atomic mass is 19.1. The van der Waals surface area contributed by atoms with Gasteiger partial charge in [0.15, 0.2) is 0 Å². The van der Waals surface area contributed by atoms with Crippen LogP contribution in [0.1, 0.15) is 46.0 Å². The maximum absolute atomic E-state index is 13.2. The Morgan fingerprint density at radius 2 is 2.18 bits per heavy atom. The van der Waals surface area contributed by atoms with E-state index in [-0.39, 0.29) is 0 Å². The minimum Gasteiger partial charge on any atom is -0.247 e. The lowest BCUT2D eigenvalue weighted by molar-refractivity contribution is 0.198. The molecule has 1 aliphatic rings. The van der Waals surface area contributed by atoms with Gasteiger partial charge in [0, 0.05) is 0 Å². The van der Waals surface area contributed by atoms with Crippen molar-refractivity contribution in [3.63, 3.8) is 0 Å². The van der Waals surface area contributed by atoms with Gasteiger partial charge in [-0.15, -0.1) is 0 Å². The van der Waals surface area contributed by atoms with Gasteiger partial charge in [0.05, 0.1) is 0 Å². The van der Waals surface area contributed by atoms with Gasteiger partial charge in [0.2, 0.25) is 0 Å². The summed E-state index contributed by atoms with van der Waals surface area (Å²) in [7, 11) is 0. The Labute approximate surface area is 69.2 Å². The van der Waals surface area contributed by atoms with E-state index in [0.717, 1.165) is 19.3 Å². The van der Waals surface area contributed by atoms with Crippen molar-refractivity contribution in [2.24, 2.45) is 11.8 Å². The Bertz CT molecular complexity index is 111. The molecule has 0 saturated heterocycles. The molecule has 0 nitrogen and oxygen atoms in total. The monoisotopic (exact) mass is 158 g/mol. The lowest BCUT2D eigenvalue weighted by Crippen LogP contribution is -2.16. The Morgan fingerprint density at radius 3 is 2.64 bits per heavy atom. The van der Waals surface area contributed by atoms with Gasteiger partial charge in [0.1, 0.15) is 6.17 Å². The molecule has 0 N–H and O–H groups in total. The van der Waals surface area contributed by atoms with E-state index in [9.17, 15) is 4.39 Å². The van der Waals surface area contributed by atoms with E-state index in [4.69, 9.17) is 0 Å². The zero-order valence-corrected chi connectivity index (χ0v) is 7.65. The van der Waals surface area contributed by atoms with Crippen LogP contribution in [-0.4, -0.2) is 6.17 Å². The van der Waals surface area contributed by atoms with Crippen LogP contribution in [0.4, 0.5) is 4.39 Å². The predicted octanol–water partition coefficient (Wildman–Crippen LogP) is 3.56. The highest BCUT2D eigenvalue weighted by Crippen LogP contribution is 2.35. The number of halogens is 1. The van der Waals surface area contributed by atoms with Crippen molar-refractivity contribution in [3.05, 3.63) is 0 Å². The average molecular weight is 158 g/mol. The summed E-state index contributed by atoms with van der Waals surface area (Å²) in [5, 5.41) is 0. The van der Waals surface area contributed by atoms with E-state index in [1.165, 1.54) is 12.8 Å². The van der Waals surface area contributed by atoms with Gasteiger partial charge in [-0.1, -0.05) is 33.1 Å². The average Bonchev–Trinajstić information content (AvgIpc) is 2.36. The standard InChI is InChI=1S/C10H19F/c1-3-5-8(2)9-6-4-7-10(9)11/h8-10H,3-7H2,1-2H3. The molecule has 3 atom stereocenters. The third-order valence-corrected chi connectivity index (χ3v) is 2.96. The predicted molar refractivity (Wildman–Crippen MR) is 46.3 cm³/mol. The van der Waals surface area contributed by atoms with Gasteiger partial charge in [-0.05, 0) is 24.7 Å². The fourth-order valence-electron chi connectivity index (χ4n) is 2.25. The highest BCUT2D eigenvalue weighted by molar-refractivity contribution is 4.80. The molecule has 1 saturated carbocycles. The Morgan fingerprint density at radius 1 is 1.45 bits per heavy atom. The molecule has 1 fully saturated rings. The van der Waals surface area contributed by atoms with Gasteiger partial charge >= 0.3 is 0 Å². The van der Waals surface area contributed by atoms with Gasteiger partial charge in [0.25, 0.3) is 0 Å². The zero-order chi connectivity index (χ0) is 8.27. The van der Waals surface area contributed by atoms with Crippen molar-refractivity contribution >= 4 is 0 Å². The molecule has 1 rings (SSSR count). The van der Waals surface area contributed by atoms with Crippen LogP contribution in [0.25, 0.3) is 0 Å². The first kappa shape index (κ1) is 9.02. The van der Waals surface area contributed by atoms with Crippen molar-refractivity contribution in [2.75, 3.05) is 0 Å². The van der Waals surface area contributed by atoms with E-state index < -0.39 is 6.17 Å². The molecule has 0 spiro atoms. The maximum Gasteiger partial charge on any atom is 0.103 e. The second kappa shape index (κ2) is 4.08. The number of rotatable bonds is 3. The first-order valence-corrected chi connectivity index (χ1v) is 4.89. The molecule has 0 aromatic heterocycles. The lowest BCUT2D eigenvalue weighted by Gasteiger charge is -2.20. The zero-order valence-electron chi connectivity index (χ0n) is 7.65. The first-order chi connectivity index (χ1) is 5.25. The number of hydrogen-bond acceptors (Lipinski definition) is 0. The number of alkyl halides is 1. The van der Waals surface area contributed by atoms with Crippen LogP contribution in [0.2, 0.25) is 0 Å². The van der Waals surface area contributed by atoms with Gasteiger partial charge < -0.3 is 0 Å². The summed E-state index contributed by atoms with van der Waals surface area (Å²) >= 11 is 0. The molecule has 66 valence electrons. The Kier molecular flexibility index (Phi) is 3.35. The molecule has 1 aliphatic carbocycles. The topological polar surface area (TPSA) is 0 Å². The van der Waals surface area contributed by atoms with E-state index in [2.05, 4.69) is 13.8 Å². The Hall–Kier alpha value is -0.0700. The summed E-state index contributed by atoms with van der Waals surface area (Å²) in [5.41, 5.74) is 0. The molecule has 0 radical (unpaired) electrons. The third-order valence-electron chi connectivity index (χ3n) is 2.96. The van der Waals surface area contributed by atoms with Gasteiger partial charge in [-0.25, -0.2) is 4.39 Å². The van der Waals surface area contributed by atoms with E-state index >= 15 is 0 Å². The minimum absolute atomic E-state index is 0.384. The maximum atomic E-state index is 13.2. The lowest BCUT2D eigenvalue weighted by atomic mass is 9.88. The van der Waals surface area contributed by atoms with Crippen molar-refractivity contribution < 1.29 is 4.39 Å². The van der Waals surface area contributed by atoms with E-state index in [1.807, 2.05) is 0 Å². The van der Waals surface area contributed by atoms with Crippen LogP contribution in [0.5, 0.6) is 0 Å².